The molecule has 1 heteroatoms. The smallest absolute Gasteiger partial charge is 0 e. The summed E-state index contributed by atoms with van der Waals surface area (Å²) in [5.41, 5.74) is 0. The van der Waals surface area contributed by atoms with E-state index in [4.69, 9.17) is 0 Å². The van der Waals surface area contributed by atoms with Crippen molar-refractivity contribution in [3.05, 3.63) is 13.8 Å². The Hall–Kier alpha value is 1.10. The van der Waals surface area contributed by atoms with Crippen LogP contribution in [-0.2, 0) is 32.7 Å². The molecule has 0 fully saturated rings. The zero-order valence-electron chi connectivity index (χ0n) is 3.41. The molecule has 0 N–H and O–H groups in total. The molecule has 0 heterocycles. The summed E-state index contributed by atoms with van der Waals surface area (Å²) in [7, 11) is 0. The van der Waals surface area contributed by atoms with Crippen molar-refractivity contribution >= 4 is 0 Å². The maximum absolute atomic E-state index is 3.54. The molecule has 0 atom stereocenters. The average Bonchev–Trinajstić information content (AvgIpc) is 1.37. The van der Waals surface area contributed by atoms with Crippen LogP contribution in [0.3, 0.4) is 0 Å². The van der Waals surface area contributed by atoms with Crippen molar-refractivity contribution in [3.8, 4) is 0 Å². The van der Waals surface area contributed by atoms with Crippen LogP contribution in [0, 0.1) is 13.8 Å². The molecule has 1 radical (unpaired) electrons. The van der Waals surface area contributed by atoms with Gasteiger partial charge >= 0.3 is 0 Å². The first-order valence-corrected chi connectivity index (χ1v) is 1.50. The van der Waals surface area contributed by atoms with Gasteiger partial charge in [0, 0.05) is 32.7 Å². The molecule has 5 heavy (non-hydrogen) atoms. The summed E-state index contributed by atoms with van der Waals surface area (Å²) in [6, 6.07) is 0. The molecule has 0 rings (SSSR count). The van der Waals surface area contributed by atoms with E-state index < -0.39 is 0 Å². The van der Waals surface area contributed by atoms with Crippen LogP contribution < -0.4 is 0 Å². The fourth-order valence-corrected chi connectivity index (χ4v) is 0. The second-order valence-electron chi connectivity index (χ2n) is 0.707. The maximum Gasteiger partial charge on any atom is 0 e. The zero-order valence-corrected chi connectivity index (χ0v) is 6.24. The number of hydrogen-bond acceptors (Lipinski definition) is 0. The van der Waals surface area contributed by atoms with Gasteiger partial charge in [0.05, 0.1) is 0 Å². The SMILES string of the molecule is [CH2-]CC[CH2-].[Y]. The summed E-state index contributed by atoms with van der Waals surface area (Å²) in [5, 5.41) is 0. The van der Waals surface area contributed by atoms with Crippen molar-refractivity contribution in [2.24, 2.45) is 0 Å². The molecule has 0 amide bonds. The first kappa shape index (κ1) is 9.44. The van der Waals surface area contributed by atoms with E-state index in [9.17, 15) is 0 Å². The summed E-state index contributed by atoms with van der Waals surface area (Å²) in [5.74, 6) is 0. The van der Waals surface area contributed by atoms with Crippen LogP contribution in [-0.4, -0.2) is 0 Å². The predicted octanol–water partition coefficient (Wildman–Crippen LogP) is 1.43. The van der Waals surface area contributed by atoms with E-state index in [0.717, 1.165) is 12.8 Å². The molecule has 0 saturated heterocycles. The van der Waals surface area contributed by atoms with Gasteiger partial charge in [0.1, 0.15) is 0 Å². The molecule has 0 unspecified atom stereocenters. The molecule has 0 aliphatic carbocycles. The molecule has 0 aliphatic heterocycles. The Morgan fingerprint density at radius 1 is 1.00 bits per heavy atom. The molecule has 0 aromatic rings. The summed E-state index contributed by atoms with van der Waals surface area (Å²) in [6.45, 7) is 7.08. The van der Waals surface area contributed by atoms with Crippen molar-refractivity contribution in [1.82, 2.24) is 0 Å². The van der Waals surface area contributed by atoms with E-state index in [0.29, 0.717) is 0 Å². The first-order valence-electron chi connectivity index (χ1n) is 1.50. The molecule has 0 bridgehead atoms. The molecular weight excluding hydrogens is 137 g/mol. The van der Waals surface area contributed by atoms with E-state index in [1.807, 2.05) is 0 Å². The van der Waals surface area contributed by atoms with Crippen LogP contribution in [0.4, 0.5) is 0 Å². The average molecular weight is 145 g/mol. The van der Waals surface area contributed by atoms with Crippen LogP contribution in [0.5, 0.6) is 0 Å². The van der Waals surface area contributed by atoms with Gasteiger partial charge < -0.3 is 13.8 Å². The van der Waals surface area contributed by atoms with Crippen molar-refractivity contribution in [2.45, 2.75) is 12.8 Å². The third-order valence-corrected chi connectivity index (χ3v) is 0.250. The van der Waals surface area contributed by atoms with E-state index in [2.05, 4.69) is 13.8 Å². The van der Waals surface area contributed by atoms with Crippen molar-refractivity contribution in [2.75, 3.05) is 0 Å². The fraction of sp³-hybridized carbons (Fsp3) is 0.500. The largest absolute Gasteiger partial charge is 0.346 e. The minimum absolute atomic E-state index is 0. The Labute approximate surface area is 59.2 Å². The second-order valence-corrected chi connectivity index (χ2v) is 0.707. The standard InChI is InChI=1S/C4H8.Y/c1-3-4-2;/h1-4H2;/q-2;. The van der Waals surface area contributed by atoms with Gasteiger partial charge in [-0.2, -0.15) is 0 Å². The van der Waals surface area contributed by atoms with E-state index in [1.165, 1.54) is 0 Å². The Morgan fingerprint density at radius 3 is 1.20 bits per heavy atom. The van der Waals surface area contributed by atoms with Gasteiger partial charge in [0.15, 0.2) is 0 Å². The minimum atomic E-state index is 0. The van der Waals surface area contributed by atoms with Crippen molar-refractivity contribution in [1.29, 1.82) is 0 Å². The summed E-state index contributed by atoms with van der Waals surface area (Å²) < 4.78 is 0. The Balaban J connectivity index is 0. The van der Waals surface area contributed by atoms with Crippen LogP contribution in [0.1, 0.15) is 12.8 Å². The first-order chi connectivity index (χ1) is 1.91. The molecule has 0 aromatic carbocycles. The van der Waals surface area contributed by atoms with E-state index in [-0.39, 0.29) is 32.7 Å². The number of hydrogen-bond donors (Lipinski definition) is 0. The molecule has 0 aromatic heterocycles. The van der Waals surface area contributed by atoms with Crippen molar-refractivity contribution in [3.63, 3.8) is 0 Å². The summed E-state index contributed by atoms with van der Waals surface area (Å²) in [4.78, 5) is 0. The van der Waals surface area contributed by atoms with Crippen LogP contribution >= 0.6 is 0 Å². The molecule has 29 valence electrons. The van der Waals surface area contributed by atoms with Gasteiger partial charge in [-0.3, -0.25) is 0 Å². The molecule has 0 saturated carbocycles. The van der Waals surface area contributed by atoms with Crippen LogP contribution in [0.25, 0.3) is 0 Å². The van der Waals surface area contributed by atoms with Crippen molar-refractivity contribution < 1.29 is 32.7 Å². The molecule has 0 aliphatic rings. The third kappa shape index (κ3) is 11.1. The van der Waals surface area contributed by atoms with Crippen LogP contribution in [0.2, 0.25) is 0 Å². The van der Waals surface area contributed by atoms with Gasteiger partial charge in [0.2, 0.25) is 0 Å². The quantitative estimate of drug-likeness (QED) is 0.489. The van der Waals surface area contributed by atoms with Gasteiger partial charge in [-0.25, -0.2) is 12.8 Å². The normalized spacial score (nSPS) is 6.00. The van der Waals surface area contributed by atoms with Gasteiger partial charge in [-0.1, -0.05) is 0 Å². The fourth-order valence-electron chi connectivity index (χ4n) is 0. The van der Waals surface area contributed by atoms with Gasteiger partial charge in [-0.05, 0) is 0 Å². The van der Waals surface area contributed by atoms with Crippen LogP contribution in [0.15, 0.2) is 0 Å². The predicted molar refractivity (Wildman–Crippen MR) is 19.9 cm³/mol. The minimum Gasteiger partial charge on any atom is -0.346 e. The monoisotopic (exact) mass is 145 g/mol. The molecular formula is C4H8Y-2. The zero-order chi connectivity index (χ0) is 3.41. The number of rotatable bonds is 1. The topological polar surface area (TPSA) is 0 Å². The van der Waals surface area contributed by atoms with E-state index in [1.54, 1.807) is 0 Å². The Morgan fingerprint density at radius 2 is 1.20 bits per heavy atom. The second kappa shape index (κ2) is 8.92. The maximum atomic E-state index is 3.54. The third-order valence-electron chi connectivity index (χ3n) is 0.250. The van der Waals surface area contributed by atoms with E-state index >= 15 is 0 Å². The molecule has 0 nitrogen and oxygen atoms in total. The number of unbranched alkanes of at least 4 members (excludes halogenated alkanes) is 1. The summed E-state index contributed by atoms with van der Waals surface area (Å²) >= 11 is 0. The molecule has 0 spiro atoms. The van der Waals surface area contributed by atoms with Gasteiger partial charge in [-0.15, -0.1) is 0 Å². The Bertz CT molecular complexity index is 5.61. The Kier molecular flexibility index (Phi) is 16.8. The van der Waals surface area contributed by atoms with Gasteiger partial charge in [0.25, 0.3) is 0 Å². The summed E-state index contributed by atoms with van der Waals surface area (Å²) in [6.07, 6.45) is 1.92.